The molecule has 0 heterocycles. The first kappa shape index (κ1) is 28.8. The van der Waals surface area contributed by atoms with Gasteiger partial charge in [-0.05, 0) is 106 Å². The van der Waals surface area contributed by atoms with Crippen LogP contribution in [0, 0.1) is 39.9 Å². The molecule has 0 saturated heterocycles. The van der Waals surface area contributed by atoms with Crippen LogP contribution in [0.3, 0.4) is 0 Å². The van der Waals surface area contributed by atoms with Gasteiger partial charge in [-0.25, -0.2) is 0 Å². The minimum Gasteiger partial charge on any atom is -0.396 e. The lowest BCUT2D eigenvalue weighted by Crippen LogP contribution is -2.57. The molecule has 5 heteroatoms. The number of carbonyl (C=O) groups is 1. The summed E-state index contributed by atoms with van der Waals surface area (Å²) in [6, 6.07) is 0.443. The monoisotopic (exact) mass is 514 g/mol. The van der Waals surface area contributed by atoms with Crippen molar-refractivity contribution in [1.29, 1.82) is 0 Å². The molecular formula is C32H54N2O3. The standard InChI is InChI=1S/C32H54N2O3/c1-9-20(2)28(36)29(37)33-27-13-10-22-18-23-14-16-31(5)24(21(3)34(7)8)15-17-32(31,6)26(23)12-11-25(22)30(27,4)19-35/h14,18,20-21,24-28,35-36H,9-13,15-17,19H2,1-8H3,(H,33,37)/t20-,21-,24+,25+,26+,27-,28-,30-,31+,32-/m0/s1. The fraction of sp³-hybridized carbons (Fsp3) is 0.844. The maximum absolute atomic E-state index is 12.9. The Kier molecular flexibility index (Phi) is 8.12. The molecule has 4 rings (SSSR count). The zero-order chi connectivity index (χ0) is 27.3. The maximum Gasteiger partial charge on any atom is 0.249 e. The summed E-state index contributed by atoms with van der Waals surface area (Å²) in [6.45, 7) is 13.7. The smallest absolute Gasteiger partial charge is 0.249 e. The second-order valence-electron chi connectivity index (χ2n) is 14.1. The van der Waals surface area contributed by atoms with E-state index >= 15 is 0 Å². The molecule has 0 spiro atoms. The number of nitrogens with zero attached hydrogens (tertiary/aromatic N) is 1. The van der Waals surface area contributed by atoms with E-state index < -0.39 is 11.5 Å². The quantitative estimate of drug-likeness (QED) is 0.430. The Morgan fingerprint density at radius 2 is 1.78 bits per heavy atom. The maximum atomic E-state index is 12.9. The van der Waals surface area contributed by atoms with Crippen LogP contribution in [-0.2, 0) is 4.79 Å². The van der Waals surface area contributed by atoms with Gasteiger partial charge in [0.15, 0.2) is 0 Å². The van der Waals surface area contributed by atoms with Crippen LogP contribution >= 0.6 is 0 Å². The number of allylic oxidation sites excluding steroid dienone is 4. The van der Waals surface area contributed by atoms with Crippen molar-refractivity contribution >= 4 is 5.91 Å². The third kappa shape index (κ3) is 4.55. The Bertz CT molecular complexity index is 927. The van der Waals surface area contributed by atoms with Gasteiger partial charge in [-0.15, -0.1) is 0 Å². The highest BCUT2D eigenvalue weighted by atomic mass is 16.3. The molecular weight excluding hydrogens is 460 g/mol. The number of carbonyl (C=O) groups excluding carboxylic acids is 1. The average Bonchev–Trinajstić information content (AvgIpc) is 3.01. The predicted molar refractivity (Wildman–Crippen MR) is 151 cm³/mol. The first-order valence-electron chi connectivity index (χ1n) is 15.0. The van der Waals surface area contributed by atoms with Gasteiger partial charge in [0, 0.05) is 17.5 Å². The van der Waals surface area contributed by atoms with Crippen LogP contribution in [0.5, 0.6) is 0 Å². The minimum atomic E-state index is -0.996. The van der Waals surface area contributed by atoms with Gasteiger partial charge in [-0.2, -0.15) is 0 Å². The van der Waals surface area contributed by atoms with Crippen LogP contribution < -0.4 is 5.32 Å². The van der Waals surface area contributed by atoms with E-state index in [0.29, 0.717) is 23.3 Å². The summed E-state index contributed by atoms with van der Waals surface area (Å²) < 4.78 is 0. The molecule has 4 aliphatic rings. The normalized spacial score (nSPS) is 41.9. The van der Waals surface area contributed by atoms with Gasteiger partial charge in [0.1, 0.15) is 6.10 Å². The number of amides is 1. The number of nitrogens with one attached hydrogen (secondary N) is 1. The molecule has 0 aromatic rings. The van der Waals surface area contributed by atoms with Crippen molar-refractivity contribution in [2.24, 2.45) is 39.9 Å². The van der Waals surface area contributed by atoms with Crippen LogP contribution in [0.1, 0.15) is 92.9 Å². The lowest BCUT2D eigenvalue weighted by Gasteiger charge is -2.54. The van der Waals surface area contributed by atoms with E-state index in [1.54, 1.807) is 0 Å². The molecule has 0 unspecified atom stereocenters. The van der Waals surface area contributed by atoms with E-state index in [1.165, 1.54) is 24.0 Å². The van der Waals surface area contributed by atoms with E-state index in [9.17, 15) is 15.0 Å². The SMILES string of the molecule is CC[C@H](C)[C@H](O)C(=O)N[C@H]1CCC2=CC3=CC[C@]4(C)[C@@H]([C@H](C)N(C)C)CC[C@@]4(C)[C@@H]3CC[C@H]2[C@]1(C)CO. The third-order valence-corrected chi connectivity index (χ3v) is 12.4. The second-order valence-corrected chi connectivity index (χ2v) is 14.1. The van der Waals surface area contributed by atoms with E-state index in [2.05, 4.69) is 64.2 Å². The Hall–Kier alpha value is -1.17. The summed E-state index contributed by atoms with van der Waals surface area (Å²) in [5, 5.41) is 24.4. The number of hydrogen-bond acceptors (Lipinski definition) is 4. The predicted octanol–water partition coefficient (Wildman–Crippen LogP) is 5.33. The third-order valence-electron chi connectivity index (χ3n) is 12.4. The summed E-state index contributed by atoms with van der Waals surface area (Å²) in [5.74, 6) is 1.13. The lowest BCUT2D eigenvalue weighted by molar-refractivity contribution is -0.134. The molecule has 0 bridgehead atoms. The van der Waals surface area contributed by atoms with Crippen molar-refractivity contribution in [2.75, 3.05) is 20.7 Å². The van der Waals surface area contributed by atoms with E-state index in [-0.39, 0.29) is 35.8 Å². The van der Waals surface area contributed by atoms with Crippen LogP contribution in [0.2, 0.25) is 0 Å². The Labute approximate surface area is 226 Å². The highest BCUT2D eigenvalue weighted by Crippen LogP contribution is 2.68. The first-order valence-corrected chi connectivity index (χ1v) is 15.0. The molecule has 2 saturated carbocycles. The van der Waals surface area contributed by atoms with E-state index in [0.717, 1.165) is 38.5 Å². The van der Waals surface area contributed by atoms with Crippen LogP contribution in [0.25, 0.3) is 0 Å². The Balaban J connectivity index is 1.59. The van der Waals surface area contributed by atoms with Crippen molar-refractivity contribution in [3.8, 4) is 0 Å². The van der Waals surface area contributed by atoms with Crippen molar-refractivity contribution in [3.63, 3.8) is 0 Å². The summed E-state index contributed by atoms with van der Waals surface area (Å²) in [5.41, 5.74) is 3.14. The average molecular weight is 515 g/mol. The van der Waals surface area contributed by atoms with Gasteiger partial charge in [-0.1, -0.05) is 58.8 Å². The van der Waals surface area contributed by atoms with Crippen LogP contribution in [0.15, 0.2) is 23.3 Å². The van der Waals surface area contributed by atoms with E-state index in [1.807, 2.05) is 13.8 Å². The fourth-order valence-electron chi connectivity index (χ4n) is 8.97. The number of hydrogen-bond donors (Lipinski definition) is 3. The first-order chi connectivity index (χ1) is 17.3. The molecule has 1 amide bonds. The summed E-state index contributed by atoms with van der Waals surface area (Å²) in [7, 11) is 4.45. The molecule has 10 atom stereocenters. The summed E-state index contributed by atoms with van der Waals surface area (Å²) in [6.07, 6.45) is 12.5. The van der Waals surface area contributed by atoms with Gasteiger partial charge >= 0.3 is 0 Å². The van der Waals surface area contributed by atoms with Crippen LogP contribution in [-0.4, -0.2) is 59.9 Å². The molecule has 0 aliphatic heterocycles. The Morgan fingerprint density at radius 1 is 1.11 bits per heavy atom. The van der Waals surface area contributed by atoms with Crippen molar-refractivity contribution in [2.45, 2.75) is 111 Å². The van der Waals surface area contributed by atoms with Gasteiger partial charge in [0.2, 0.25) is 5.91 Å². The van der Waals surface area contributed by atoms with E-state index in [4.69, 9.17) is 0 Å². The summed E-state index contributed by atoms with van der Waals surface area (Å²) >= 11 is 0. The highest BCUT2D eigenvalue weighted by molar-refractivity contribution is 5.81. The molecule has 5 nitrogen and oxygen atoms in total. The molecule has 0 aromatic carbocycles. The van der Waals surface area contributed by atoms with Gasteiger partial charge < -0.3 is 20.4 Å². The zero-order valence-electron chi connectivity index (χ0n) is 24.8. The topological polar surface area (TPSA) is 72.8 Å². The highest BCUT2D eigenvalue weighted by Gasteiger charge is 2.61. The van der Waals surface area contributed by atoms with Gasteiger partial charge in [0.05, 0.1) is 6.61 Å². The fourth-order valence-corrected chi connectivity index (χ4v) is 8.97. The summed E-state index contributed by atoms with van der Waals surface area (Å²) in [4.78, 5) is 15.3. The molecule has 37 heavy (non-hydrogen) atoms. The number of aliphatic hydroxyl groups is 2. The van der Waals surface area contributed by atoms with Gasteiger partial charge in [-0.3, -0.25) is 4.79 Å². The number of rotatable bonds is 7. The largest absolute Gasteiger partial charge is 0.396 e. The molecule has 2 fully saturated rings. The molecule has 3 N–H and O–H groups in total. The second kappa shape index (κ2) is 10.4. The minimum absolute atomic E-state index is 0.0422. The zero-order valence-corrected chi connectivity index (χ0v) is 24.8. The van der Waals surface area contributed by atoms with Crippen molar-refractivity contribution in [3.05, 3.63) is 23.3 Å². The van der Waals surface area contributed by atoms with Gasteiger partial charge in [0.25, 0.3) is 0 Å². The number of aliphatic hydroxyl groups excluding tert-OH is 2. The van der Waals surface area contributed by atoms with Crippen LogP contribution in [0.4, 0.5) is 0 Å². The molecule has 4 aliphatic carbocycles. The molecule has 0 radical (unpaired) electrons. The molecule has 210 valence electrons. The molecule has 0 aromatic heterocycles. The number of fused-ring (bicyclic) bond motifs is 4. The lowest BCUT2D eigenvalue weighted by atomic mass is 9.51. The Morgan fingerprint density at radius 3 is 2.41 bits per heavy atom. The van der Waals surface area contributed by atoms with Crippen molar-refractivity contribution < 1.29 is 15.0 Å². The van der Waals surface area contributed by atoms with Crippen molar-refractivity contribution in [1.82, 2.24) is 10.2 Å².